The summed E-state index contributed by atoms with van der Waals surface area (Å²) in [4.78, 5) is 14.2. The van der Waals surface area contributed by atoms with Crippen molar-refractivity contribution in [3.8, 4) is 0 Å². The second kappa shape index (κ2) is 8.07. The summed E-state index contributed by atoms with van der Waals surface area (Å²) in [6.07, 6.45) is 0.943. The molecule has 1 aromatic carbocycles. The molecule has 0 aliphatic heterocycles. The average Bonchev–Trinajstić information content (AvgIpc) is 2.37. The minimum atomic E-state index is -0.0644. The van der Waals surface area contributed by atoms with Crippen LogP contribution in [0.5, 0.6) is 0 Å². The molecule has 0 atom stereocenters. The molecule has 0 saturated heterocycles. The van der Waals surface area contributed by atoms with Crippen LogP contribution in [0.4, 0.5) is 0 Å². The van der Waals surface area contributed by atoms with Crippen molar-refractivity contribution in [3.05, 3.63) is 32.4 Å². The molecule has 0 aromatic heterocycles. The van der Waals surface area contributed by atoms with Crippen LogP contribution in [0, 0.1) is 3.57 Å². The zero-order valence-electron chi connectivity index (χ0n) is 11.5. The van der Waals surface area contributed by atoms with Gasteiger partial charge in [0.05, 0.1) is 5.02 Å². The van der Waals surface area contributed by atoms with Gasteiger partial charge in [0.15, 0.2) is 0 Å². The maximum Gasteiger partial charge on any atom is 0.251 e. The summed E-state index contributed by atoms with van der Waals surface area (Å²) in [5.74, 6) is -0.0644. The lowest BCUT2D eigenvalue weighted by Crippen LogP contribution is -2.31. The fourth-order valence-corrected chi connectivity index (χ4v) is 2.04. The number of carbonyl (C=O) groups is 1. The minimum absolute atomic E-state index is 0.0644. The molecule has 1 amide bonds. The Morgan fingerprint density at radius 1 is 1.47 bits per heavy atom. The van der Waals surface area contributed by atoms with Crippen LogP contribution in [0.15, 0.2) is 18.2 Å². The van der Waals surface area contributed by atoms with Crippen molar-refractivity contribution < 1.29 is 4.79 Å². The molecule has 0 bridgehead atoms. The van der Waals surface area contributed by atoms with Gasteiger partial charge in [0.25, 0.3) is 5.91 Å². The molecular formula is C14H20ClIN2O. The van der Waals surface area contributed by atoms with Crippen LogP contribution in [-0.2, 0) is 0 Å². The van der Waals surface area contributed by atoms with Gasteiger partial charge >= 0.3 is 0 Å². The second-order valence-corrected chi connectivity index (χ2v) is 6.38. The molecule has 0 radical (unpaired) electrons. The lowest BCUT2D eigenvalue weighted by molar-refractivity contribution is 0.0951. The molecule has 0 aliphatic rings. The molecule has 0 saturated carbocycles. The van der Waals surface area contributed by atoms with Crippen molar-refractivity contribution in [2.24, 2.45) is 0 Å². The molecule has 1 rings (SSSR count). The third kappa shape index (κ3) is 5.67. The summed E-state index contributed by atoms with van der Waals surface area (Å²) in [5, 5.41) is 3.53. The maximum atomic E-state index is 11.9. The number of carbonyl (C=O) groups excluding carboxylic acids is 1. The molecule has 1 N–H and O–H groups in total. The van der Waals surface area contributed by atoms with E-state index in [0.717, 1.165) is 16.5 Å². The highest BCUT2D eigenvalue weighted by Gasteiger charge is 2.08. The number of hydrogen-bond donors (Lipinski definition) is 1. The van der Waals surface area contributed by atoms with Gasteiger partial charge < -0.3 is 10.2 Å². The maximum absolute atomic E-state index is 11.9. The van der Waals surface area contributed by atoms with Gasteiger partial charge in [0.2, 0.25) is 0 Å². The third-order valence-corrected chi connectivity index (χ3v) is 4.61. The van der Waals surface area contributed by atoms with Gasteiger partial charge in [-0.3, -0.25) is 4.79 Å². The zero-order valence-corrected chi connectivity index (χ0v) is 14.5. The number of hydrogen-bond acceptors (Lipinski definition) is 2. The van der Waals surface area contributed by atoms with Crippen molar-refractivity contribution in [1.29, 1.82) is 0 Å². The summed E-state index contributed by atoms with van der Waals surface area (Å²) in [6.45, 7) is 5.98. The molecule has 106 valence electrons. The third-order valence-electron chi connectivity index (χ3n) is 3.04. The molecule has 0 unspecified atom stereocenters. The van der Waals surface area contributed by atoms with Gasteiger partial charge in [0, 0.05) is 21.7 Å². The van der Waals surface area contributed by atoms with Crippen LogP contribution in [0.1, 0.15) is 30.6 Å². The molecule has 0 aliphatic carbocycles. The molecule has 19 heavy (non-hydrogen) atoms. The quantitative estimate of drug-likeness (QED) is 0.592. The molecule has 5 heteroatoms. The highest BCUT2D eigenvalue weighted by molar-refractivity contribution is 14.1. The van der Waals surface area contributed by atoms with Crippen molar-refractivity contribution in [2.75, 3.05) is 20.1 Å². The Balaban J connectivity index is 2.37. The Hall–Kier alpha value is -0.330. The van der Waals surface area contributed by atoms with Crippen molar-refractivity contribution >= 4 is 40.1 Å². The van der Waals surface area contributed by atoms with Crippen molar-refractivity contribution in [3.63, 3.8) is 0 Å². The highest BCUT2D eigenvalue weighted by Crippen LogP contribution is 2.19. The number of nitrogens with zero attached hydrogens (tertiary/aromatic N) is 1. The van der Waals surface area contributed by atoms with E-state index >= 15 is 0 Å². The normalized spacial score (nSPS) is 11.1. The monoisotopic (exact) mass is 394 g/mol. The fraction of sp³-hybridized carbons (Fsp3) is 0.500. The molecule has 0 heterocycles. The van der Waals surface area contributed by atoms with Gasteiger partial charge in [-0.1, -0.05) is 11.6 Å². The first-order chi connectivity index (χ1) is 8.91. The van der Waals surface area contributed by atoms with E-state index in [1.54, 1.807) is 12.1 Å². The van der Waals surface area contributed by atoms with Gasteiger partial charge in [-0.25, -0.2) is 0 Å². The van der Waals surface area contributed by atoms with Gasteiger partial charge in [-0.2, -0.15) is 0 Å². The van der Waals surface area contributed by atoms with E-state index in [9.17, 15) is 4.79 Å². The number of amides is 1. The summed E-state index contributed by atoms with van der Waals surface area (Å²) in [7, 11) is 2.09. The first-order valence-corrected chi connectivity index (χ1v) is 7.81. The number of benzene rings is 1. The molecule has 1 aromatic rings. The largest absolute Gasteiger partial charge is 0.352 e. The zero-order chi connectivity index (χ0) is 14.4. The second-order valence-electron chi connectivity index (χ2n) is 4.81. The predicted octanol–water partition coefficient (Wildman–Crippen LogP) is 3.40. The van der Waals surface area contributed by atoms with Crippen molar-refractivity contribution in [1.82, 2.24) is 10.2 Å². The Morgan fingerprint density at radius 2 is 2.16 bits per heavy atom. The summed E-state index contributed by atoms with van der Waals surface area (Å²) >= 11 is 8.14. The van der Waals surface area contributed by atoms with E-state index in [1.807, 2.05) is 6.07 Å². The Morgan fingerprint density at radius 3 is 2.74 bits per heavy atom. The standard InChI is InChI=1S/C14H20ClIN2O/c1-10(2)18(3)8-4-7-17-14(19)11-5-6-13(16)12(15)9-11/h5-6,9-10H,4,7-8H2,1-3H3,(H,17,19). The van der Waals surface area contributed by atoms with E-state index in [4.69, 9.17) is 11.6 Å². The Kier molecular flexibility index (Phi) is 7.10. The van der Waals surface area contributed by atoms with Gasteiger partial charge in [0.1, 0.15) is 0 Å². The molecule has 3 nitrogen and oxygen atoms in total. The van der Waals surface area contributed by atoms with Crippen LogP contribution in [0.25, 0.3) is 0 Å². The molecule has 0 fully saturated rings. The smallest absolute Gasteiger partial charge is 0.251 e. The van der Waals surface area contributed by atoms with Crippen LogP contribution in [-0.4, -0.2) is 37.0 Å². The fourth-order valence-electron chi connectivity index (χ4n) is 1.53. The molecular weight excluding hydrogens is 375 g/mol. The first kappa shape index (κ1) is 16.7. The Bertz CT molecular complexity index is 437. The summed E-state index contributed by atoms with van der Waals surface area (Å²) in [5.41, 5.74) is 0.614. The predicted molar refractivity (Wildman–Crippen MR) is 88.9 cm³/mol. The van der Waals surface area contributed by atoms with E-state index in [2.05, 4.69) is 53.7 Å². The van der Waals surface area contributed by atoms with E-state index in [-0.39, 0.29) is 5.91 Å². The Labute approximate surface area is 133 Å². The van der Waals surface area contributed by atoms with Crippen LogP contribution in [0.2, 0.25) is 5.02 Å². The summed E-state index contributed by atoms with van der Waals surface area (Å²) in [6, 6.07) is 5.89. The SMILES string of the molecule is CC(C)N(C)CCCNC(=O)c1ccc(I)c(Cl)c1. The summed E-state index contributed by atoms with van der Waals surface area (Å²) < 4.78 is 0.953. The van der Waals surface area contributed by atoms with Crippen LogP contribution >= 0.6 is 34.2 Å². The van der Waals surface area contributed by atoms with Gasteiger partial charge in [-0.15, -0.1) is 0 Å². The minimum Gasteiger partial charge on any atom is -0.352 e. The highest BCUT2D eigenvalue weighted by atomic mass is 127. The van der Waals surface area contributed by atoms with E-state index < -0.39 is 0 Å². The number of halogens is 2. The van der Waals surface area contributed by atoms with Gasteiger partial charge in [-0.05, 0) is 74.7 Å². The average molecular weight is 395 g/mol. The topological polar surface area (TPSA) is 32.3 Å². The number of nitrogens with one attached hydrogen (secondary N) is 1. The molecule has 0 spiro atoms. The van der Waals surface area contributed by atoms with E-state index in [0.29, 0.717) is 23.2 Å². The number of rotatable bonds is 6. The lowest BCUT2D eigenvalue weighted by atomic mass is 10.2. The van der Waals surface area contributed by atoms with E-state index in [1.165, 1.54) is 0 Å². The van der Waals surface area contributed by atoms with Crippen LogP contribution < -0.4 is 5.32 Å². The van der Waals surface area contributed by atoms with Crippen LogP contribution in [0.3, 0.4) is 0 Å². The lowest BCUT2D eigenvalue weighted by Gasteiger charge is -2.20. The first-order valence-electron chi connectivity index (χ1n) is 6.35. The van der Waals surface area contributed by atoms with Crippen molar-refractivity contribution in [2.45, 2.75) is 26.3 Å².